The first-order chi connectivity index (χ1) is 12.7. The summed E-state index contributed by atoms with van der Waals surface area (Å²) in [6.45, 7) is 7.53. The lowest BCUT2D eigenvalue weighted by Gasteiger charge is -2.43. The second-order valence-electron chi connectivity index (χ2n) is 8.01. The molecule has 0 saturated carbocycles. The molecular weight excluding hydrogens is 330 g/mol. The lowest BCUT2D eigenvalue weighted by atomic mass is 9.78. The van der Waals surface area contributed by atoms with Crippen molar-refractivity contribution in [1.29, 1.82) is 0 Å². The van der Waals surface area contributed by atoms with E-state index in [-0.39, 0.29) is 11.3 Å². The standard InChI is InChI=1S/C20H29N3O3/c24-19(18-3-10-25-14-18)23-7-4-20(5-8-23)15-22(9-11-26-16-20)13-17-2-1-6-21-12-17/h1-2,6,12,18H,3-5,7-11,13-16H2. The van der Waals surface area contributed by atoms with Crippen molar-refractivity contribution in [3.8, 4) is 0 Å². The van der Waals surface area contributed by atoms with Crippen LogP contribution in [0.2, 0.25) is 0 Å². The monoisotopic (exact) mass is 359 g/mol. The molecule has 26 heavy (non-hydrogen) atoms. The third-order valence-electron chi connectivity index (χ3n) is 6.06. The number of hydrogen-bond donors (Lipinski definition) is 0. The molecule has 3 aliphatic heterocycles. The van der Waals surface area contributed by atoms with E-state index in [9.17, 15) is 4.79 Å². The van der Waals surface area contributed by atoms with Crippen LogP contribution in [0.1, 0.15) is 24.8 Å². The minimum atomic E-state index is 0.0801. The highest BCUT2D eigenvalue weighted by Gasteiger charge is 2.40. The Labute approximate surface area is 155 Å². The van der Waals surface area contributed by atoms with Crippen LogP contribution in [-0.2, 0) is 20.8 Å². The van der Waals surface area contributed by atoms with Crippen LogP contribution >= 0.6 is 0 Å². The highest BCUT2D eigenvalue weighted by atomic mass is 16.5. The van der Waals surface area contributed by atoms with E-state index < -0.39 is 0 Å². The molecule has 1 spiro atoms. The van der Waals surface area contributed by atoms with Gasteiger partial charge in [-0.25, -0.2) is 0 Å². The molecule has 6 heteroatoms. The highest BCUT2D eigenvalue weighted by molar-refractivity contribution is 5.79. The molecule has 1 atom stereocenters. The molecule has 1 aromatic heterocycles. The molecule has 6 nitrogen and oxygen atoms in total. The maximum Gasteiger partial charge on any atom is 0.228 e. The molecule has 4 heterocycles. The Bertz CT molecular complexity index is 596. The number of carbonyl (C=O) groups is 1. The molecule has 3 saturated heterocycles. The normalized spacial score (nSPS) is 26.8. The first kappa shape index (κ1) is 17.9. The summed E-state index contributed by atoms with van der Waals surface area (Å²) in [5, 5.41) is 0. The zero-order valence-electron chi connectivity index (χ0n) is 15.4. The van der Waals surface area contributed by atoms with Crippen molar-refractivity contribution in [3.05, 3.63) is 30.1 Å². The summed E-state index contributed by atoms with van der Waals surface area (Å²) in [6, 6.07) is 4.13. The van der Waals surface area contributed by atoms with Gasteiger partial charge in [-0.05, 0) is 30.9 Å². The number of aromatic nitrogens is 1. The molecule has 0 bridgehead atoms. The number of pyridine rings is 1. The van der Waals surface area contributed by atoms with Gasteiger partial charge in [0.15, 0.2) is 0 Å². The lowest BCUT2D eigenvalue weighted by molar-refractivity contribution is -0.138. The van der Waals surface area contributed by atoms with E-state index in [0.717, 1.165) is 71.8 Å². The molecule has 0 radical (unpaired) electrons. The third-order valence-corrected chi connectivity index (χ3v) is 6.06. The van der Waals surface area contributed by atoms with Crippen molar-refractivity contribution in [2.75, 3.05) is 52.6 Å². The fourth-order valence-corrected chi connectivity index (χ4v) is 4.46. The molecule has 3 fully saturated rings. The second kappa shape index (κ2) is 8.03. The van der Waals surface area contributed by atoms with Crippen molar-refractivity contribution in [1.82, 2.24) is 14.8 Å². The second-order valence-corrected chi connectivity index (χ2v) is 8.01. The Morgan fingerprint density at radius 3 is 2.85 bits per heavy atom. The molecule has 1 amide bonds. The summed E-state index contributed by atoms with van der Waals surface area (Å²) in [5.41, 5.74) is 1.42. The Morgan fingerprint density at radius 1 is 1.23 bits per heavy atom. The van der Waals surface area contributed by atoms with Crippen molar-refractivity contribution in [2.24, 2.45) is 11.3 Å². The maximum atomic E-state index is 12.6. The summed E-state index contributed by atoms with van der Waals surface area (Å²) in [7, 11) is 0. The molecule has 1 unspecified atom stereocenters. The molecule has 0 aromatic carbocycles. The molecular formula is C20H29N3O3. The van der Waals surface area contributed by atoms with Gasteiger partial charge in [-0.3, -0.25) is 14.7 Å². The van der Waals surface area contributed by atoms with Gasteiger partial charge in [-0.15, -0.1) is 0 Å². The zero-order chi connectivity index (χ0) is 17.8. The SMILES string of the molecule is O=C(C1CCOC1)N1CCC2(CC1)COCCN(Cc1cccnc1)C2. The quantitative estimate of drug-likeness (QED) is 0.820. The van der Waals surface area contributed by atoms with E-state index in [2.05, 4.69) is 20.9 Å². The van der Waals surface area contributed by atoms with Gasteiger partial charge in [0.2, 0.25) is 5.91 Å². The van der Waals surface area contributed by atoms with Crippen LogP contribution in [0.3, 0.4) is 0 Å². The van der Waals surface area contributed by atoms with Crippen LogP contribution in [0.15, 0.2) is 24.5 Å². The third kappa shape index (κ3) is 4.08. The van der Waals surface area contributed by atoms with E-state index in [1.807, 2.05) is 18.5 Å². The van der Waals surface area contributed by atoms with Gasteiger partial charge in [-0.2, -0.15) is 0 Å². The first-order valence-corrected chi connectivity index (χ1v) is 9.80. The number of carbonyl (C=O) groups excluding carboxylic acids is 1. The largest absolute Gasteiger partial charge is 0.381 e. The van der Waals surface area contributed by atoms with Crippen LogP contribution in [-0.4, -0.2) is 73.3 Å². The predicted octanol–water partition coefficient (Wildman–Crippen LogP) is 1.56. The number of hydrogen-bond acceptors (Lipinski definition) is 5. The zero-order valence-corrected chi connectivity index (χ0v) is 15.4. The Morgan fingerprint density at radius 2 is 2.12 bits per heavy atom. The first-order valence-electron chi connectivity index (χ1n) is 9.80. The van der Waals surface area contributed by atoms with Crippen LogP contribution in [0.25, 0.3) is 0 Å². The summed E-state index contributed by atoms with van der Waals surface area (Å²) in [5.74, 6) is 0.371. The van der Waals surface area contributed by atoms with E-state index in [4.69, 9.17) is 9.47 Å². The fourth-order valence-electron chi connectivity index (χ4n) is 4.46. The molecule has 142 valence electrons. The summed E-state index contributed by atoms with van der Waals surface area (Å²) in [6.07, 6.45) is 6.69. The molecule has 3 aliphatic rings. The van der Waals surface area contributed by atoms with Gasteiger partial charge < -0.3 is 14.4 Å². The topological polar surface area (TPSA) is 54.9 Å². The Hall–Kier alpha value is -1.50. The van der Waals surface area contributed by atoms with Gasteiger partial charge in [0.05, 0.1) is 25.7 Å². The van der Waals surface area contributed by atoms with Crippen LogP contribution < -0.4 is 0 Å². The van der Waals surface area contributed by atoms with Crippen molar-refractivity contribution in [3.63, 3.8) is 0 Å². The average molecular weight is 359 g/mol. The van der Waals surface area contributed by atoms with Gasteiger partial charge in [-0.1, -0.05) is 6.07 Å². The summed E-state index contributed by atoms with van der Waals surface area (Å²) >= 11 is 0. The molecule has 1 aromatic rings. The predicted molar refractivity (Wildman–Crippen MR) is 97.5 cm³/mol. The van der Waals surface area contributed by atoms with Gasteiger partial charge >= 0.3 is 0 Å². The molecule has 0 aliphatic carbocycles. The summed E-state index contributed by atoms with van der Waals surface area (Å²) < 4.78 is 11.4. The van der Waals surface area contributed by atoms with Crippen molar-refractivity contribution in [2.45, 2.75) is 25.8 Å². The summed E-state index contributed by atoms with van der Waals surface area (Å²) in [4.78, 5) is 21.4. The number of amides is 1. The highest BCUT2D eigenvalue weighted by Crippen LogP contribution is 2.35. The lowest BCUT2D eigenvalue weighted by Crippen LogP contribution is -2.50. The number of rotatable bonds is 3. The minimum Gasteiger partial charge on any atom is -0.381 e. The number of likely N-dealkylation sites (tertiary alicyclic amines) is 1. The fraction of sp³-hybridized carbons (Fsp3) is 0.700. The van der Waals surface area contributed by atoms with E-state index >= 15 is 0 Å². The van der Waals surface area contributed by atoms with Gasteiger partial charge in [0.1, 0.15) is 0 Å². The van der Waals surface area contributed by atoms with Crippen molar-refractivity contribution < 1.29 is 14.3 Å². The van der Waals surface area contributed by atoms with Crippen LogP contribution in [0, 0.1) is 11.3 Å². The number of piperidine rings is 1. The van der Waals surface area contributed by atoms with Crippen molar-refractivity contribution >= 4 is 5.91 Å². The smallest absolute Gasteiger partial charge is 0.228 e. The van der Waals surface area contributed by atoms with E-state index in [1.165, 1.54) is 5.56 Å². The van der Waals surface area contributed by atoms with E-state index in [1.54, 1.807) is 0 Å². The van der Waals surface area contributed by atoms with Gasteiger partial charge in [0.25, 0.3) is 0 Å². The Balaban J connectivity index is 1.36. The van der Waals surface area contributed by atoms with Crippen LogP contribution in [0.4, 0.5) is 0 Å². The number of nitrogens with zero attached hydrogens (tertiary/aromatic N) is 3. The maximum absolute atomic E-state index is 12.6. The molecule has 4 rings (SSSR count). The van der Waals surface area contributed by atoms with Crippen LogP contribution in [0.5, 0.6) is 0 Å². The Kier molecular flexibility index (Phi) is 5.52. The van der Waals surface area contributed by atoms with Gasteiger partial charge in [0, 0.05) is 57.1 Å². The molecule has 0 N–H and O–H groups in total. The minimum absolute atomic E-state index is 0.0801. The average Bonchev–Trinajstić information content (AvgIpc) is 3.14. The number of ether oxygens (including phenoxy) is 2. The van der Waals surface area contributed by atoms with E-state index in [0.29, 0.717) is 12.5 Å².